The third-order valence-electron chi connectivity index (χ3n) is 2.11. The van der Waals surface area contributed by atoms with E-state index >= 15 is 0 Å². The van der Waals surface area contributed by atoms with E-state index in [2.05, 4.69) is 21.2 Å². The van der Waals surface area contributed by atoms with Crippen LogP contribution in [0.15, 0.2) is 40.4 Å². The first-order chi connectivity index (χ1) is 7.59. The highest BCUT2D eigenvalue weighted by Gasteiger charge is 1.97. The predicted molar refractivity (Wildman–Crippen MR) is 67.2 cm³/mol. The van der Waals surface area contributed by atoms with Crippen molar-refractivity contribution in [1.82, 2.24) is 5.32 Å². The number of rotatable bonds is 5. The topological polar surface area (TPSA) is 49.3 Å². The average Bonchev–Trinajstić information content (AvgIpc) is 2.24. The second-order valence-electron chi connectivity index (χ2n) is 3.45. The molecule has 0 aliphatic heterocycles. The van der Waals surface area contributed by atoms with Crippen molar-refractivity contribution in [2.75, 3.05) is 6.54 Å². The number of carboxylic acid groups (broad SMARTS) is 1. The molecule has 1 aromatic carbocycles. The van der Waals surface area contributed by atoms with Gasteiger partial charge in [0.15, 0.2) is 0 Å². The number of nitrogens with one attached hydrogen (secondary N) is 1. The van der Waals surface area contributed by atoms with Gasteiger partial charge in [0.1, 0.15) is 0 Å². The zero-order valence-corrected chi connectivity index (χ0v) is 10.6. The van der Waals surface area contributed by atoms with Gasteiger partial charge in [-0.25, -0.2) is 4.79 Å². The van der Waals surface area contributed by atoms with Crippen molar-refractivity contribution < 1.29 is 9.90 Å². The van der Waals surface area contributed by atoms with Gasteiger partial charge in [-0.15, -0.1) is 0 Å². The van der Waals surface area contributed by atoms with Crippen LogP contribution < -0.4 is 5.32 Å². The minimum atomic E-state index is -0.871. The second-order valence-corrected chi connectivity index (χ2v) is 4.37. The monoisotopic (exact) mass is 283 g/mol. The fourth-order valence-corrected chi connectivity index (χ4v) is 1.62. The minimum absolute atomic E-state index is 0.363. The molecule has 4 heteroatoms. The van der Waals surface area contributed by atoms with Crippen molar-refractivity contribution in [1.29, 1.82) is 0 Å². The van der Waals surface area contributed by atoms with Crippen LogP contribution in [0.3, 0.4) is 0 Å². The van der Waals surface area contributed by atoms with Crippen molar-refractivity contribution in [3.05, 3.63) is 46.0 Å². The first kappa shape index (κ1) is 12.9. The van der Waals surface area contributed by atoms with Gasteiger partial charge in [-0.2, -0.15) is 0 Å². The van der Waals surface area contributed by atoms with Crippen LogP contribution in [-0.4, -0.2) is 17.6 Å². The maximum Gasteiger partial charge on any atom is 0.330 e. The van der Waals surface area contributed by atoms with Crippen LogP contribution in [0.4, 0.5) is 0 Å². The maximum absolute atomic E-state index is 10.5. The summed E-state index contributed by atoms with van der Waals surface area (Å²) >= 11 is 3.40. The van der Waals surface area contributed by atoms with Gasteiger partial charge in [0.05, 0.1) is 0 Å². The van der Waals surface area contributed by atoms with Crippen LogP contribution in [0, 0.1) is 0 Å². The largest absolute Gasteiger partial charge is 0.478 e. The van der Waals surface area contributed by atoms with E-state index in [1.165, 1.54) is 0 Å². The summed E-state index contributed by atoms with van der Waals surface area (Å²) < 4.78 is 1.05. The second kappa shape index (κ2) is 6.45. The van der Waals surface area contributed by atoms with E-state index in [9.17, 15) is 4.79 Å². The Kier molecular flexibility index (Phi) is 5.22. The molecule has 0 radical (unpaired) electrons. The molecule has 0 fully saturated rings. The molecule has 0 bridgehead atoms. The summed E-state index contributed by atoms with van der Waals surface area (Å²) in [6, 6.07) is 7.99. The molecular formula is C12H14BrNO2. The molecule has 0 saturated carbocycles. The maximum atomic E-state index is 10.5. The Morgan fingerprint density at radius 2 is 2.31 bits per heavy atom. The predicted octanol–water partition coefficient (Wildman–Crippen LogP) is 2.57. The zero-order valence-electron chi connectivity index (χ0n) is 9.03. The smallest absolute Gasteiger partial charge is 0.330 e. The molecule has 0 heterocycles. The standard InChI is InChI=1S/C12H14BrNO2/c1-9(12(15)16)5-6-14-8-10-3-2-4-11(13)7-10/h2-5,7,14H,6,8H2,1H3,(H,15,16)/b9-5-. The summed E-state index contributed by atoms with van der Waals surface area (Å²) in [7, 11) is 0. The first-order valence-electron chi connectivity index (χ1n) is 4.95. The lowest BCUT2D eigenvalue weighted by molar-refractivity contribution is -0.132. The Labute approximate surface area is 103 Å². The van der Waals surface area contributed by atoms with E-state index in [-0.39, 0.29) is 0 Å². The summed E-state index contributed by atoms with van der Waals surface area (Å²) in [5.41, 5.74) is 1.53. The van der Waals surface area contributed by atoms with Crippen molar-refractivity contribution in [3.8, 4) is 0 Å². The van der Waals surface area contributed by atoms with Crippen LogP contribution in [-0.2, 0) is 11.3 Å². The van der Waals surface area contributed by atoms with E-state index < -0.39 is 5.97 Å². The molecule has 86 valence electrons. The van der Waals surface area contributed by atoms with Gasteiger partial charge in [0.2, 0.25) is 0 Å². The van der Waals surface area contributed by atoms with Gasteiger partial charge in [-0.05, 0) is 24.6 Å². The number of carbonyl (C=O) groups is 1. The van der Waals surface area contributed by atoms with Gasteiger partial charge in [0.25, 0.3) is 0 Å². The van der Waals surface area contributed by atoms with Crippen molar-refractivity contribution in [2.45, 2.75) is 13.5 Å². The van der Waals surface area contributed by atoms with Crippen LogP contribution in [0.5, 0.6) is 0 Å². The van der Waals surface area contributed by atoms with E-state index in [0.717, 1.165) is 16.6 Å². The van der Waals surface area contributed by atoms with Gasteiger partial charge >= 0.3 is 5.97 Å². The van der Waals surface area contributed by atoms with E-state index in [1.807, 2.05) is 24.3 Å². The number of hydrogen-bond acceptors (Lipinski definition) is 2. The van der Waals surface area contributed by atoms with Gasteiger partial charge in [0, 0.05) is 23.1 Å². The molecule has 1 aromatic rings. The average molecular weight is 284 g/mol. The minimum Gasteiger partial charge on any atom is -0.478 e. The molecule has 2 N–H and O–H groups in total. The van der Waals surface area contributed by atoms with Crippen molar-refractivity contribution in [3.63, 3.8) is 0 Å². The van der Waals surface area contributed by atoms with E-state index in [4.69, 9.17) is 5.11 Å². The molecule has 3 nitrogen and oxygen atoms in total. The summed E-state index contributed by atoms with van der Waals surface area (Å²) in [5, 5.41) is 11.8. The molecule has 0 saturated heterocycles. The van der Waals surface area contributed by atoms with Crippen molar-refractivity contribution >= 4 is 21.9 Å². The zero-order chi connectivity index (χ0) is 12.0. The molecule has 0 aliphatic rings. The van der Waals surface area contributed by atoms with Gasteiger partial charge < -0.3 is 10.4 Å². The highest BCUT2D eigenvalue weighted by Crippen LogP contribution is 2.11. The Hall–Kier alpha value is -1.13. The Morgan fingerprint density at radius 1 is 1.56 bits per heavy atom. The number of benzene rings is 1. The van der Waals surface area contributed by atoms with Crippen molar-refractivity contribution in [2.24, 2.45) is 0 Å². The SMILES string of the molecule is C/C(=C/CNCc1cccc(Br)c1)C(=O)O. The lowest BCUT2D eigenvalue weighted by atomic mass is 10.2. The number of hydrogen-bond donors (Lipinski definition) is 2. The van der Waals surface area contributed by atoms with Crippen LogP contribution >= 0.6 is 15.9 Å². The summed E-state index contributed by atoms with van der Waals surface area (Å²) in [6.45, 7) is 2.87. The quantitative estimate of drug-likeness (QED) is 0.645. The summed E-state index contributed by atoms with van der Waals surface area (Å²) in [6.07, 6.45) is 1.67. The Morgan fingerprint density at radius 3 is 2.94 bits per heavy atom. The van der Waals surface area contributed by atoms with E-state index in [1.54, 1.807) is 13.0 Å². The molecule has 0 amide bonds. The van der Waals surface area contributed by atoms with Crippen LogP contribution in [0.25, 0.3) is 0 Å². The molecule has 0 unspecified atom stereocenters. The summed E-state index contributed by atoms with van der Waals surface area (Å²) in [5.74, 6) is -0.871. The van der Waals surface area contributed by atoms with Gasteiger partial charge in [-0.3, -0.25) is 0 Å². The molecule has 0 aromatic heterocycles. The molecular weight excluding hydrogens is 270 g/mol. The normalized spacial score (nSPS) is 11.5. The highest BCUT2D eigenvalue weighted by atomic mass is 79.9. The molecule has 0 atom stereocenters. The molecule has 16 heavy (non-hydrogen) atoms. The first-order valence-corrected chi connectivity index (χ1v) is 5.74. The third-order valence-corrected chi connectivity index (χ3v) is 2.60. The fourth-order valence-electron chi connectivity index (χ4n) is 1.18. The van der Waals surface area contributed by atoms with Crippen LogP contribution in [0.1, 0.15) is 12.5 Å². The Bertz CT molecular complexity index is 402. The fraction of sp³-hybridized carbons (Fsp3) is 0.250. The Balaban J connectivity index is 2.36. The van der Waals surface area contributed by atoms with Gasteiger partial charge in [-0.1, -0.05) is 34.1 Å². The number of halogens is 1. The highest BCUT2D eigenvalue weighted by molar-refractivity contribution is 9.10. The summed E-state index contributed by atoms with van der Waals surface area (Å²) in [4.78, 5) is 10.5. The van der Waals surface area contributed by atoms with E-state index in [0.29, 0.717) is 12.1 Å². The molecule has 1 rings (SSSR count). The van der Waals surface area contributed by atoms with Crippen LogP contribution in [0.2, 0.25) is 0 Å². The lowest BCUT2D eigenvalue weighted by Gasteiger charge is -2.03. The molecule has 0 spiro atoms. The number of aliphatic carboxylic acids is 1. The lowest BCUT2D eigenvalue weighted by Crippen LogP contribution is -2.14. The molecule has 0 aliphatic carbocycles. The number of carboxylic acids is 1. The third kappa shape index (κ3) is 4.59.